The number of hydrogen-bond donors (Lipinski definition) is 1. The topological polar surface area (TPSA) is 43.1 Å². The first kappa shape index (κ1) is 12.0. The number of ketones is 1. The summed E-state index contributed by atoms with van der Waals surface area (Å²) < 4.78 is 0. The number of benzene rings is 2. The van der Waals surface area contributed by atoms with E-state index < -0.39 is 0 Å². The maximum atomic E-state index is 12.1. The summed E-state index contributed by atoms with van der Waals surface area (Å²) in [6.07, 6.45) is 0. The molecule has 2 rings (SSSR count). The summed E-state index contributed by atoms with van der Waals surface area (Å²) in [5, 5.41) is 0.868. The highest BCUT2D eigenvalue weighted by molar-refractivity contribution is 6.37. The second-order valence-electron chi connectivity index (χ2n) is 3.54. The number of carbonyl (C=O) groups is 1. The maximum Gasteiger partial charge on any atom is 0.194 e. The highest BCUT2D eigenvalue weighted by Crippen LogP contribution is 2.25. The molecule has 2 aromatic rings. The lowest BCUT2D eigenvalue weighted by atomic mass is 10.0. The summed E-state index contributed by atoms with van der Waals surface area (Å²) in [7, 11) is 0. The van der Waals surface area contributed by atoms with Crippen molar-refractivity contribution in [2.45, 2.75) is 0 Å². The van der Waals surface area contributed by atoms with E-state index in [-0.39, 0.29) is 10.8 Å². The van der Waals surface area contributed by atoms with E-state index in [4.69, 9.17) is 28.9 Å². The lowest BCUT2D eigenvalue weighted by molar-refractivity contribution is 0.103. The Morgan fingerprint density at radius 3 is 2.29 bits per heavy atom. The smallest absolute Gasteiger partial charge is 0.194 e. The van der Waals surface area contributed by atoms with E-state index >= 15 is 0 Å². The van der Waals surface area contributed by atoms with Crippen LogP contribution in [0.2, 0.25) is 10.0 Å². The van der Waals surface area contributed by atoms with Crippen LogP contribution >= 0.6 is 23.2 Å². The quantitative estimate of drug-likeness (QED) is 0.663. The van der Waals surface area contributed by atoms with Crippen LogP contribution in [0.5, 0.6) is 0 Å². The zero-order chi connectivity index (χ0) is 12.4. The van der Waals surface area contributed by atoms with Gasteiger partial charge >= 0.3 is 0 Å². The highest BCUT2D eigenvalue weighted by atomic mass is 35.5. The minimum atomic E-state index is -0.168. The van der Waals surface area contributed by atoms with E-state index in [9.17, 15) is 4.79 Å². The van der Waals surface area contributed by atoms with E-state index in [1.165, 1.54) is 0 Å². The summed E-state index contributed by atoms with van der Waals surface area (Å²) in [5.74, 6) is -0.168. The largest absolute Gasteiger partial charge is 0.398 e. The van der Waals surface area contributed by atoms with Crippen LogP contribution in [-0.4, -0.2) is 5.78 Å². The number of rotatable bonds is 2. The van der Waals surface area contributed by atoms with Crippen molar-refractivity contribution in [1.82, 2.24) is 0 Å². The first-order valence-electron chi connectivity index (χ1n) is 4.94. The Bertz CT molecular complexity index is 564. The van der Waals surface area contributed by atoms with Crippen LogP contribution in [0.25, 0.3) is 0 Å². The molecule has 0 heterocycles. The third kappa shape index (κ3) is 2.43. The minimum Gasteiger partial charge on any atom is -0.398 e. The lowest BCUT2D eigenvalue weighted by Gasteiger charge is -2.05. The average Bonchev–Trinajstić information content (AvgIpc) is 2.33. The molecule has 4 heteroatoms. The Morgan fingerprint density at radius 1 is 1.00 bits per heavy atom. The van der Waals surface area contributed by atoms with Gasteiger partial charge in [0.15, 0.2) is 5.78 Å². The van der Waals surface area contributed by atoms with Crippen molar-refractivity contribution >= 4 is 34.7 Å². The van der Waals surface area contributed by atoms with Gasteiger partial charge < -0.3 is 5.73 Å². The molecule has 0 aromatic heterocycles. The highest BCUT2D eigenvalue weighted by Gasteiger charge is 2.13. The molecule has 0 fully saturated rings. The van der Waals surface area contributed by atoms with Crippen LogP contribution in [-0.2, 0) is 0 Å². The zero-order valence-corrected chi connectivity index (χ0v) is 10.3. The lowest BCUT2D eigenvalue weighted by Crippen LogP contribution is -2.03. The molecule has 2 nitrogen and oxygen atoms in total. The van der Waals surface area contributed by atoms with Crippen molar-refractivity contribution < 1.29 is 4.79 Å². The molecule has 0 radical (unpaired) electrons. The van der Waals surface area contributed by atoms with Crippen LogP contribution < -0.4 is 5.73 Å². The molecule has 0 amide bonds. The van der Waals surface area contributed by atoms with Crippen LogP contribution in [0.1, 0.15) is 15.9 Å². The van der Waals surface area contributed by atoms with Crippen molar-refractivity contribution in [1.29, 1.82) is 0 Å². The summed E-state index contributed by atoms with van der Waals surface area (Å²) in [4.78, 5) is 12.1. The third-order valence-corrected chi connectivity index (χ3v) is 3.05. The van der Waals surface area contributed by atoms with Gasteiger partial charge in [0.25, 0.3) is 0 Å². The molecule has 0 spiro atoms. The minimum absolute atomic E-state index is 0.168. The molecule has 0 unspecified atom stereocenters. The standard InChI is InChI=1S/C13H9Cl2NO/c14-9-6-4-8(5-7-9)13(17)10-2-1-3-11(16)12(10)15/h1-7H,16H2. The molecule has 0 aliphatic heterocycles. The number of nitrogens with two attached hydrogens (primary N) is 1. The Hall–Kier alpha value is -1.51. The summed E-state index contributed by atoms with van der Waals surface area (Å²) in [5.41, 5.74) is 6.98. The van der Waals surface area contributed by atoms with Crippen molar-refractivity contribution in [3.63, 3.8) is 0 Å². The molecule has 0 atom stereocenters. The monoisotopic (exact) mass is 265 g/mol. The molecule has 0 saturated carbocycles. The van der Waals surface area contributed by atoms with Gasteiger partial charge in [-0.05, 0) is 36.4 Å². The Morgan fingerprint density at radius 2 is 1.65 bits per heavy atom. The molecular weight excluding hydrogens is 257 g/mol. The molecule has 0 aliphatic carbocycles. The molecule has 0 aliphatic rings. The normalized spacial score (nSPS) is 10.2. The van der Waals surface area contributed by atoms with E-state index in [0.717, 1.165) is 0 Å². The molecule has 0 bridgehead atoms. The van der Waals surface area contributed by atoms with Gasteiger partial charge in [-0.15, -0.1) is 0 Å². The predicted molar refractivity (Wildman–Crippen MR) is 70.7 cm³/mol. The van der Waals surface area contributed by atoms with Gasteiger partial charge in [0.05, 0.1) is 10.7 Å². The molecule has 0 saturated heterocycles. The maximum absolute atomic E-state index is 12.1. The third-order valence-electron chi connectivity index (χ3n) is 2.38. The van der Waals surface area contributed by atoms with Gasteiger partial charge in [-0.25, -0.2) is 0 Å². The van der Waals surface area contributed by atoms with Crippen molar-refractivity contribution in [2.75, 3.05) is 5.73 Å². The molecule has 2 aromatic carbocycles. The van der Waals surface area contributed by atoms with Crippen molar-refractivity contribution in [3.05, 3.63) is 63.6 Å². The second-order valence-corrected chi connectivity index (χ2v) is 4.36. The fourth-order valence-corrected chi connectivity index (χ4v) is 1.82. The number of carbonyl (C=O) groups excluding carboxylic acids is 1. The fraction of sp³-hybridized carbons (Fsp3) is 0. The number of halogens is 2. The Labute approximate surface area is 109 Å². The van der Waals surface area contributed by atoms with E-state index in [1.54, 1.807) is 42.5 Å². The van der Waals surface area contributed by atoms with Crippen LogP contribution in [0.15, 0.2) is 42.5 Å². The number of anilines is 1. The van der Waals surface area contributed by atoms with Gasteiger partial charge in [-0.2, -0.15) is 0 Å². The van der Waals surface area contributed by atoms with Gasteiger partial charge in [0.1, 0.15) is 0 Å². The number of nitrogen functional groups attached to an aromatic ring is 1. The van der Waals surface area contributed by atoms with E-state index in [1.807, 2.05) is 0 Å². The Kier molecular flexibility index (Phi) is 3.36. The SMILES string of the molecule is Nc1cccc(C(=O)c2ccc(Cl)cc2)c1Cl. The first-order valence-corrected chi connectivity index (χ1v) is 5.69. The Balaban J connectivity index is 2.44. The summed E-state index contributed by atoms with van der Waals surface area (Å²) in [6.45, 7) is 0. The van der Waals surface area contributed by atoms with Crippen molar-refractivity contribution in [3.8, 4) is 0 Å². The van der Waals surface area contributed by atoms with Gasteiger partial charge in [0.2, 0.25) is 0 Å². The summed E-state index contributed by atoms with van der Waals surface area (Å²) in [6, 6.07) is 11.6. The van der Waals surface area contributed by atoms with Crippen LogP contribution in [0.4, 0.5) is 5.69 Å². The number of hydrogen-bond acceptors (Lipinski definition) is 2. The van der Waals surface area contributed by atoms with Gasteiger partial charge in [-0.3, -0.25) is 4.79 Å². The van der Waals surface area contributed by atoms with E-state index in [2.05, 4.69) is 0 Å². The van der Waals surface area contributed by atoms with Gasteiger partial charge in [-0.1, -0.05) is 29.3 Å². The molecule has 2 N–H and O–H groups in total. The predicted octanol–water partition coefficient (Wildman–Crippen LogP) is 3.81. The zero-order valence-electron chi connectivity index (χ0n) is 8.78. The molecule has 17 heavy (non-hydrogen) atoms. The molecular formula is C13H9Cl2NO. The fourth-order valence-electron chi connectivity index (χ4n) is 1.48. The summed E-state index contributed by atoms with van der Waals surface area (Å²) >= 11 is 11.8. The van der Waals surface area contributed by atoms with Crippen LogP contribution in [0.3, 0.4) is 0 Å². The van der Waals surface area contributed by atoms with Crippen LogP contribution in [0, 0.1) is 0 Å². The first-order chi connectivity index (χ1) is 8.09. The van der Waals surface area contributed by atoms with Crippen molar-refractivity contribution in [2.24, 2.45) is 0 Å². The second kappa shape index (κ2) is 4.78. The average molecular weight is 266 g/mol. The van der Waals surface area contributed by atoms with Gasteiger partial charge in [0, 0.05) is 16.1 Å². The molecule has 86 valence electrons. The van der Waals surface area contributed by atoms with E-state index in [0.29, 0.717) is 21.8 Å².